The lowest BCUT2D eigenvalue weighted by Gasteiger charge is -2.28. The third-order valence-corrected chi connectivity index (χ3v) is 3.88. The summed E-state index contributed by atoms with van der Waals surface area (Å²) < 4.78 is 0. The predicted molar refractivity (Wildman–Crippen MR) is 77.3 cm³/mol. The van der Waals surface area contributed by atoms with Crippen LogP contribution in [0.1, 0.15) is 37.7 Å². The van der Waals surface area contributed by atoms with Crippen molar-refractivity contribution in [2.75, 3.05) is 18.5 Å². The maximum absolute atomic E-state index is 7.38. The lowest BCUT2D eigenvalue weighted by molar-refractivity contribution is 0.362. The molecular formula is C15H23N3. The summed E-state index contributed by atoms with van der Waals surface area (Å²) in [7, 11) is 2.15. The van der Waals surface area contributed by atoms with E-state index in [0.29, 0.717) is 0 Å². The highest BCUT2D eigenvalue weighted by molar-refractivity contribution is 5.95. The van der Waals surface area contributed by atoms with E-state index in [1.807, 2.05) is 12.1 Å². The molecule has 0 saturated heterocycles. The monoisotopic (exact) mass is 245 g/mol. The van der Waals surface area contributed by atoms with Gasteiger partial charge in [-0.1, -0.05) is 19.3 Å². The van der Waals surface area contributed by atoms with Crippen molar-refractivity contribution in [2.45, 2.75) is 32.1 Å². The number of hydrogen-bond donors (Lipinski definition) is 2. The summed E-state index contributed by atoms with van der Waals surface area (Å²) in [6.07, 6.45) is 6.93. The van der Waals surface area contributed by atoms with Crippen LogP contribution in [0.3, 0.4) is 0 Å². The van der Waals surface area contributed by atoms with Gasteiger partial charge in [0.05, 0.1) is 0 Å². The first-order valence-electron chi connectivity index (χ1n) is 6.82. The number of hydrogen-bond acceptors (Lipinski definition) is 2. The van der Waals surface area contributed by atoms with Crippen molar-refractivity contribution in [1.82, 2.24) is 0 Å². The molecule has 0 aliphatic heterocycles. The number of nitrogens with one attached hydrogen (secondary N) is 1. The number of nitrogens with zero attached hydrogens (tertiary/aromatic N) is 1. The minimum absolute atomic E-state index is 0.136. The summed E-state index contributed by atoms with van der Waals surface area (Å²) in [5, 5.41) is 7.38. The van der Waals surface area contributed by atoms with Gasteiger partial charge < -0.3 is 10.6 Å². The highest BCUT2D eigenvalue weighted by Gasteiger charge is 2.15. The summed E-state index contributed by atoms with van der Waals surface area (Å²) in [4.78, 5) is 2.32. The van der Waals surface area contributed by atoms with Gasteiger partial charge in [0.2, 0.25) is 0 Å². The van der Waals surface area contributed by atoms with Crippen molar-refractivity contribution >= 4 is 11.5 Å². The molecule has 3 heteroatoms. The summed E-state index contributed by atoms with van der Waals surface area (Å²) >= 11 is 0. The Labute approximate surface area is 109 Å². The second kappa shape index (κ2) is 5.89. The van der Waals surface area contributed by atoms with Crippen LogP contribution in [0.2, 0.25) is 0 Å². The number of benzene rings is 1. The van der Waals surface area contributed by atoms with Crippen LogP contribution in [0.4, 0.5) is 5.69 Å². The van der Waals surface area contributed by atoms with E-state index in [0.717, 1.165) is 18.0 Å². The van der Waals surface area contributed by atoms with Crippen LogP contribution >= 0.6 is 0 Å². The van der Waals surface area contributed by atoms with Gasteiger partial charge in [-0.15, -0.1) is 0 Å². The Hall–Kier alpha value is -1.51. The minimum atomic E-state index is 0.136. The van der Waals surface area contributed by atoms with Gasteiger partial charge in [0.25, 0.3) is 0 Å². The highest BCUT2D eigenvalue weighted by Crippen LogP contribution is 2.25. The Morgan fingerprint density at radius 2 is 1.83 bits per heavy atom. The molecule has 0 atom stereocenters. The Bertz CT molecular complexity index is 391. The maximum Gasteiger partial charge on any atom is 0.122 e. The summed E-state index contributed by atoms with van der Waals surface area (Å²) in [6, 6.07) is 7.96. The van der Waals surface area contributed by atoms with Gasteiger partial charge in [-0.05, 0) is 43.0 Å². The van der Waals surface area contributed by atoms with Crippen LogP contribution in [-0.2, 0) is 0 Å². The van der Waals surface area contributed by atoms with E-state index in [4.69, 9.17) is 11.1 Å². The van der Waals surface area contributed by atoms with E-state index in [1.165, 1.54) is 37.8 Å². The average molecular weight is 245 g/mol. The van der Waals surface area contributed by atoms with Crippen LogP contribution in [0, 0.1) is 11.3 Å². The molecule has 2 rings (SSSR count). The molecule has 1 fully saturated rings. The number of rotatable bonds is 4. The molecule has 18 heavy (non-hydrogen) atoms. The second-order valence-corrected chi connectivity index (χ2v) is 5.35. The van der Waals surface area contributed by atoms with E-state index in [1.54, 1.807) is 0 Å². The van der Waals surface area contributed by atoms with Crippen LogP contribution in [-0.4, -0.2) is 19.4 Å². The normalized spacial score (nSPS) is 16.5. The Balaban J connectivity index is 1.95. The van der Waals surface area contributed by atoms with Gasteiger partial charge in [0.15, 0.2) is 0 Å². The molecule has 1 aromatic rings. The van der Waals surface area contributed by atoms with Gasteiger partial charge in [0, 0.05) is 24.8 Å². The molecule has 1 aromatic carbocycles. The smallest absolute Gasteiger partial charge is 0.122 e. The quantitative estimate of drug-likeness (QED) is 0.633. The number of nitrogens with two attached hydrogens (primary N) is 1. The predicted octanol–water partition coefficient (Wildman–Crippen LogP) is 2.99. The topological polar surface area (TPSA) is 53.1 Å². The minimum Gasteiger partial charge on any atom is -0.384 e. The molecule has 0 unspecified atom stereocenters. The number of amidine groups is 1. The molecule has 0 spiro atoms. The molecule has 1 aliphatic carbocycles. The first-order valence-corrected chi connectivity index (χ1v) is 6.82. The van der Waals surface area contributed by atoms with E-state index in [2.05, 4.69) is 24.1 Å². The Kier molecular flexibility index (Phi) is 4.24. The Morgan fingerprint density at radius 3 is 2.39 bits per heavy atom. The Morgan fingerprint density at radius 1 is 1.22 bits per heavy atom. The molecular weight excluding hydrogens is 222 g/mol. The third kappa shape index (κ3) is 3.25. The molecule has 98 valence electrons. The second-order valence-electron chi connectivity index (χ2n) is 5.35. The molecule has 0 bridgehead atoms. The van der Waals surface area contributed by atoms with Crippen LogP contribution in [0.15, 0.2) is 24.3 Å². The van der Waals surface area contributed by atoms with Gasteiger partial charge in [-0.25, -0.2) is 0 Å². The third-order valence-electron chi connectivity index (χ3n) is 3.88. The lowest BCUT2D eigenvalue weighted by atomic mass is 9.89. The van der Waals surface area contributed by atoms with E-state index >= 15 is 0 Å². The van der Waals surface area contributed by atoms with E-state index in [-0.39, 0.29) is 5.84 Å². The summed E-state index contributed by atoms with van der Waals surface area (Å²) in [6.45, 7) is 1.14. The van der Waals surface area contributed by atoms with Gasteiger partial charge in [0.1, 0.15) is 5.84 Å². The molecule has 0 amide bonds. The first kappa shape index (κ1) is 12.9. The van der Waals surface area contributed by atoms with Crippen molar-refractivity contribution in [3.63, 3.8) is 0 Å². The van der Waals surface area contributed by atoms with Crippen LogP contribution in [0.5, 0.6) is 0 Å². The zero-order valence-electron chi connectivity index (χ0n) is 11.2. The molecule has 0 radical (unpaired) electrons. The van der Waals surface area contributed by atoms with Crippen molar-refractivity contribution in [3.05, 3.63) is 29.8 Å². The number of nitrogen functional groups attached to an aromatic ring is 1. The van der Waals surface area contributed by atoms with Crippen molar-refractivity contribution in [2.24, 2.45) is 11.7 Å². The molecule has 1 saturated carbocycles. The first-order chi connectivity index (χ1) is 8.66. The van der Waals surface area contributed by atoms with Gasteiger partial charge in [-0.2, -0.15) is 0 Å². The highest BCUT2D eigenvalue weighted by atomic mass is 15.1. The fourth-order valence-corrected chi connectivity index (χ4v) is 2.76. The number of anilines is 1. The fraction of sp³-hybridized carbons (Fsp3) is 0.533. The lowest BCUT2D eigenvalue weighted by Crippen LogP contribution is -2.26. The fourth-order valence-electron chi connectivity index (χ4n) is 2.76. The van der Waals surface area contributed by atoms with Gasteiger partial charge >= 0.3 is 0 Å². The largest absolute Gasteiger partial charge is 0.384 e. The van der Waals surface area contributed by atoms with E-state index < -0.39 is 0 Å². The standard InChI is InChI=1S/C15H23N3/c1-18(11-12-5-3-2-4-6-12)14-9-7-13(8-10-14)15(16)17/h7-10,12H,2-6,11H2,1H3,(H3,16,17). The van der Waals surface area contributed by atoms with Crippen molar-refractivity contribution < 1.29 is 0 Å². The van der Waals surface area contributed by atoms with Crippen LogP contribution < -0.4 is 10.6 Å². The van der Waals surface area contributed by atoms with Crippen LogP contribution in [0.25, 0.3) is 0 Å². The van der Waals surface area contributed by atoms with Crippen molar-refractivity contribution in [3.8, 4) is 0 Å². The molecule has 0 heterocycles. The average Bonchev–Trinajstić information content (AvgIpc) is 2.40. The van der Waals surface area contributed by atoms with E-state index in [9.17, 15) is 0 Å². The zero-order chi connectivity index (χ0) is 13.0. The van der Waals surface area contributed by atoms with Crippen molar-refractivity contribution in [1.29, 1.82) is 5.41 Å². The molecule has 3 N–H and O–H groups in total. The summed E-state index contributed by atoms with van der Waals surface area (Å²) in [5.74, 6) is 0.979. The SMILES string of the molecule is CN(CC1CCCCC1)c1ccc(C(=N)N)cc1. The molecule has 1 aliphatic rings. The molecule has 3 nitrogen and oxygen atoms in total. The van der Waals surface area contributed by atoms with Gasteiger partial charge in [-0.3, -0.25) is 5.41 Å². The zero-order valence-corrected chi connectivity index (χ0v) is 11.2. The summed E-state index contributed by atoms with van der Waals surface area (Å²) in [5.41, 5.74) is 7.47. The maximum atomic E-state index is 7.38. The molecule has 0 aromatic heterocycles.